The van der Waals surface area contributed by atoms with Crippen molar-refractivity contribution in [3.05, 3.63) is 29.6 Å². The lowest BCUT2D eigenvalue weighted by Gasteiger charge is -2.32. The van der Waals surface area contributed by atoms with Crippen LogP contribution in [0.5, 0.6) is 5.75 Å². The van der Waals surface area contributed by atoms with Gasteiger partial charge in [0.2, 0.25) is 5.91 Å². The zero-order valence-electron chi connectivity index (χ0n) is 12.5. The Hall–Kier alpha value is -1.58. The maximum absolute atomic E-state index is 13.9. The van der Waals surface area contributed by atoms with Crippen LogP contribution in [0.4, 0.5) is 4.39 Å². The number of amides is 1. The molecule has 3 nitrogen and oxygen atoms in total. The van der Waals surface area contributed by atoms with Crippen LogP contribution >= 0.6 is 0 Å². The first-order valence-electron chi connectivity index (χ1n) is 7.00. The van der Waals surface area contributed by atoms with Crippen molar-refractivity contribution in [2.24, 2.45) is 5.92 Å². The predicted molar refractivity (Wildman–Crippen MR) is 76.3 cm³/mol. The van der Waals surface area contributed by atoms with Gasteiger partial charge in [0.1, 0.15) is 0 Å². The Labute approximate surface area is 119 Å². The zero-order chi connectivity index (χ0) is 14.9. The molecule has 1 heterocycles. The number of carbonyl (C=O) groups is 1. The van der Waals surface area contributed by atoms with Crippen molar-refractivity contribution in [1.82, 2.24) is 5.32 Å². The summed E-state index contributed by atoms with van der Waals surface area (Å²) >= 11 is 0. The van der Waals surface area contributed by atoms with Gasteiger partial charge in [0.15, 0.2) is 11.6 Å². The molecule has 1 aliphatic rings. The average molecular weight is 279 g/mol. The third kappa shape index (κ3) is 2.65. The Balaban J connectivity index is 2.36. The lowest BCUT2D eigenvalue weighted by molar-refractivity contribution is -0.119. The first kappa shape index (κ1) is 14.8. The van der Waals surface area contributed by atoms with E-state index in [1.165, 1.54) is 13.2 Å². The van der Waals surface area contributed by atoms with Gasteiger partial charge in [-0.15, -0.1) is 0 Å². The van der Waals surface area contributed by atoms with Crippen molar-refractivity contribution in [1.29, 1.82) is 0 Å². The van der Waals surface area contributed by atoms with Crippen molar-refractivity contribution in [2.45, 2.75) is 45.1 Å². The summed E-state index contributed by atoms with van der Waals surface area (Å²) in [4.78, 5) is 11.8. The van der Waals surface area contributed by atoms with Crippen LogP contribution in [-0.4, -0.2) is 19.1 Å². The molecule has 2 atom stereocenters. The Morgan fingerprint density at radius 3 is 2.75 bits per heavy atom. The fourth-order valence-corrected chi connectivity index (χ4v) is 2.98. The Morgan fingerprint density at radius 2 is 2.20 bits per heavy atom. The molecule has 0 bridgehead atoms. The van der Waals surface area contributed by atoms with Crippen LogP contribution in [0, 0.1) is 11.7 Å². The largest absolute Gasteiger partial charge is 0.494 e. The number of ether oxygens (including phenoxy) is 1. The maximum Gasteiger partial charge on any atom is 0.221 e. The van der Waals surface area contributed by atoms with E-state index < -0.39 is 0 Å². The third-order valence-corrected chi connectivity index (χ3v) is 4.15. The molecule has 1 N–H and O–H groups in total. The van der Waals surface area contributed by atoms with Gasteiger partial charge in [0.05, 0.1) is 7.11 Å². The molecular weight excluding hydrogens is 257 g/mol. The highest BCUT2D eigenvalue weighted by molar-refractivity contribution is 5.81. The van der Waals surface area contributed by atoms with Crippen molar-refractivity contribution < 1.29 is 13.9 Å². The molecule has 2 unspecified atom stereocenters. The van der Waals surface area contributed by atoms with Gasteiger partial charge >= 0.3 is 0 Å². The lowest BCUT2D eigenvalue weighted by atomic mass is 9.73. The molecule has 2 rings (SSSR count). The maximum atomic E-state index is 13.9. The van der Waals surface area contributed by atoms with Gasteiger partial charge < -0.3 is 10.1 Å². The van der Waals surface area contributed by atoms with Crippen molar-refractivity contribution in [3.63, 3.8) is 0 Å². The smallest absolute Gasteiger partial charge is 0.221 e. The predicted octanol–water partition coefficient (Wildman–Crippen LogP) is 3.03. The SMILES string of the molecule is COc1ccc(C2(C)CC(=O)NC2CC(C)C)cc1F. The van der Waals surface area contributed by atoms with Crippen LogP contribution in [0.15, 0.2) is 18.2 Å². The van der Waals surface area contributed by atoms with Gasteiger partial charge in [0.25, 0.3) is 0 Å². The molecule has 1 aromatic carbocycles. The van der Waals surface area contributed by atoms with Gasteiger partial charge in [0, 0.05) is 17.9 Å². The van der Waals surface area contributed by atoms with Crippen LogP contribution in [-0.2, 0) is 10.2 Å². The zero-order valence-corrected chi connectivity index (χ0v) is 12.5. The lowest BCUT2D eigenvalue weighted by Crippen LogP contribution is -2.39. The fourth-order valence-electron chi connectivity index (χ4n) is 2.98. The van der Waals surface area contributed by atoms with Gasteiger partial charge in [-0.1, -0.05) is 26.8 Å². The van der Waals surface area contributed by atoms with E-state index in [1.54, 1.807) is 6.07 Å². The molecule has 4 heteroatoms. The highest BCUT2D eigenvalue weighted by Crippen LogP contribution is 2.39. The molecule has 1 amide bonds. The minimum Gasteiger partial charge on any atom is -0.494 e. The molecule has 0 saturated carbocycles. The van der Waals surface area contributed by atoms with Crippen molar-refractivity contribution >= 4 is 5.91 Å². The van der Waals surface area contributed by atoms with Crippen LogP contribution in [0.3, 0.4) is 0 Å². The van der Waals surface area contributed by atoms with Crippen molar-refractivity contribution in [3.8, 4) is 5.75 Å². The standard InChI is InChI=1S/C16H22FNO2/c1-10(2)7-14-16(3,9-15(19)18-14)11-5-6-13(20-4)12(17)8-11/h5-6,8,10,14H,7,9H2,1-4H3,(H,18,19). The second-order valence-corrected chi connectivity index (χ2v) is 6.19. The van der Waals surface area contributed by atoms with E-state index in [1.807, 2.05) is 13.0 Å². The van der Waals surface area contributed by atoms with Crippen LogP contribution in [0.1, 0.15) is 39.2 Å². The molecule has 1 fully saturated rings. The van der Waals surface area contributed by atoms with E-state index in [0.29, 0.717) is 12.3 Å². The summed E-state index contributed by atoms with van der Waals surface area (Å²) in [6, 6.07) is 5.02. The quantitative estimate of drug-likeness (QED) is 0.920. The van der Waals surface area contributed by atoms with E-state index in [0.717, 1.165) is 12.0 Å². The molecule has 0 aliphatic carbocycles. The third-order valence-electron chi connectivity index (χ3n) is 4.15. The first-order valence-corrected chi connectivity index (χ1v) is 7.00. The molecule has 1 aromatic rings. The number of rotatable bonds is 4. The van der Waals surface area contributed by atoms with Gasteiger partial charge in [-0.2, -0.15) is 0 Å². The Bertz CT molecular complexity index is 515. The number of hydrogen-bond donors (Lipinski definition) is 1. The van der Waals surface area contributed by atoms with E-state index in [9.17, 15) is 9.18 Å². The van der Waals surface area contributed by atoms with Gasteiger partial charge in [-0.25, -0.2) is 4.39 Å². The summed E-state index contributed by atoms with van der Waals surface area (Å²) in [6.07, 6.45) is 1.28. The van der Waals surface area contributed by atoms with Crippen LogP contribution in [0.2, 0.25) is 0 Å². The summed E-state index contributed by atoms with van der Waals surface area (Å²) in [7, 11) is 1.45. The van der Waals surface area contributed by atoms with E-state index >= 15 is 0 Å². The summed E-state index contributed by atoms with van der Waals surface area (Å²) in [5, 5.41) is 3.03. The van der Waals surface area contributed by atoms with Crippen molar-refractivity contribution in [2.75, 3.05) is 7.11 Å². The number of benzene rings is 1. The molecule has 0 radical (unpaired) electrons. The molecule has 1 saturated heterocycles. The second kappa shape index (κ2) is 5.43. The van der Waals surface area contributed by atoms with E-state index in [4.69, 9.17) is 4.74 Å². The Morgan fingerprint density at radius 1 is 1.50 bits per heavy atom. The number of methoxy groups -OCH3 is 1. The first-order chi connectivity index (χ1) is 9.36. The number of nitrogens with one attached hydrogen (secondary N) is 1. The molecular formula is C16H22FNO2. The highest BCUT2D eigenvalue weighted by atomic mass is 19.1. The molecule has 0 spiro atoms. The van der Waals surface area contributed by atoms with Crippen LogP contribution in [0.25, 0.3) is 0 Å². The van der Waals surface area contributed by atoms with Crippen LogP contribution < -0.4 is 10.1 Å². The summed E-state index contributed by atoms with van der Waals surface area (Å²) in [5.41, 5.74) is 0.480. The molecule has 1 aliphatic heterocycles. The normalized spacial score (nSPS) is 25.9. The Kier molecular flexibility index (Phi) is 4.02. The minimum atomic E-state index is -0.381. The highest BCUT2D eigenvalue weighted by Gasteiger charge is 2.44. The monoisotopic (exact) mass is 279 g/mol. The topological polar surface area (TPSA) is 38.3 Å². The van der Waals surface area contributed by atoms with Gasteiger partial charge in [-0.3, -0.25) is 4.79 Å². The minimum absolute atomic E-state index is 0.0365. The summed E-state index contributed by atoms with van der Waals surface area (Å²) < 4.78 is 18.9. The average Bonchev–Trinajstić information content (AvgIpc) is 2.64. The second-order valence-electron chi connectivity index (χ2n) is 6.19. The van der Waals surface area contributed by atoms with E-state index in [2.05, 4.69) is 19.2 Å². The van der Waals surface area contributed by atoms with Gasteiger partial charge in [-0.05, 0) is 30.0 Å². The number of carbonyl (C=O) groups excluding carboxylic acids is 1. The molecule has 110 valence electrons. The summed E-state index contributed by atoms with van der Waals surface area (Å²) in [5.74, 6) is 0.360. The number of hydrogen-bond acceptors (Lipinski definition) is 2. The summed E-state index contributed by atoms with van der Waals surface area (Å²) in [6.45, 7) is 6.28. The number of halogens is 1. The van der Waals surface area contributed by atoms with E-state index in [-0.39, 0.29) is 28.9 Å². The molecule has 20 heavy (non-hydrogen) atoms. The molecule has 0 aromatic heterocycles. The fraction of sp³-hybridized carbons (Fsp3) is 0.562.